The first-order valence-electron chi connectivity index (χ1n) is 8.20. The number of furan rings is 1. The van der Waals surface area contributed by atoms with E-state index < -0.39 is 11.7 Å². The molecule has 0 N–H and O–H groups in total. The van der Waals surface area contributed by atoms with Crippen LogP contribution in [0.4, 0.5) is 10.1 Å². The Bertz CT molecular complexity index is 1180. The van der Waals surface area contributed by atoms with Crippen molar-refractivity contribution in [2.75, 3.05) is 4.90 Å². The third kappa shape index (κ3) is 3.24. The van der Waals surface area contributed by atoms with Gasteiger partial charge in [0, 0.05) is 11.6 Å². The van der Waals surface area contributed by atoms with E-state index in [1.54, 1.807) is 48.5 Å². The molecule has 2 aromatic carbocycles. The minimum Gasteiger partial charge on any atom is -0.457 e. The molecule has 136 valence electrons. The number of halogens is 1. The maximum Gasteiger partial charge on any atom is 0.270 e. The monoisotopic (exact) mass is 406 g/mol. The summed E-state index contributed by atoms with van der Waals surface area (Å²) in [6.45, 7) is 0. The van der Waals surface area contributed by atoms with Gasteiger partial charge in [-0.05, 0) is 36.4 Å². The first-order chi connectivity index (χ1) is 13.6. The topological polar surface area (TPSA) is 57.2 Å². The van der Waals surface area contributed by atoms with Gasteiger partial charge in [0.15, 0.2) is 4.32 Å². The molecule has 1 aromatic heterocycles. The molecule has 1 aliphatic rings. The maximum atomic E-state index is 14.1. The summed E-state index contributed by atoms with van der Waals surface area (Å²) < 4.78 is 20.1. The van der Waals surface area contributed by atoms with E-state index in [2.05, 4.69) is 6.07 Å². The molecule has 1 amide bonds. The molecule has 1 fully saturated rings. The molecule has 28 heavy (non-hydrogen) atoms. The second kappa shape index (κ2) is 7.43. The van der Waals surface area contributed by atoms with Crippen LogP contribution in [0.15, 0.2) is 70.0 Å². The van der Waals surface area contributed by atoms with Crippen molar-refractivity contribution in [1.82, 2.24) is 0 Å². The van der Waals surface area contributed by atoms with E-state index in [0.717, 1.165) is 11.8 Å². The van der Waals surface area contributed by atoms with Crippen molar-refractivity contribution in [3.05, 3.63) is 82.7 Å². The molecular weight excluding hydrogens is 395 g/mol. The van der Waals surface area contributed by atoms with E-state index in [1.165, 1.54) is 17.0 Å². The standard InChI is InChI=1S/C21H11FN2O2S2/c22-16-7-3-4-8-17(16)24-20(25)19(28-21(24)27)11-14-9-10-18(26-14)15-6-2-1-5-13(15)12-23/h1-11H/b19-11-. The lowest BCUT2D eigenvalue weighted by molar-refractivity contribution is -0.113. The molecule has 0 bridgehead atoms. The molecular formula is C21H11FN2O2S2. The van der Waals surface area contributed by atoms with Crippen molar-refractivity contribution in [1.29, 1.82) is 5.26 Å². The fourth-order valence-corrected chi connectivity index (χ4v) is 4.07. The zero-order valence-electron chi connectivity index (χ0n) is 14.3. The van der Waals surface area contributed by atoms with Crippen molar-refractivity contribution in [3.8, 4) is 17.4 Å². The van der Waals surface area contributed by atoms with E-state index in [-0.39, 0.29) is 10.0 Å². The highest BCUT2D eigenvalue weighted by Gasteiger charge is 2.34. The molecule has 0 spiro atoms. The van der Waals surface area contributed by atoms with Gasteiger partial charge in [0.1, 0.15) is 17.3 Å². The highest BCUT2D eigenvalue weighted by Crippen LogP contribution is 2.37. The van der Waals surface area contributed by atoms with Crippen LogP contribution in [-0.2, 0) is 4.79 Å². The molecule has 0 radical (unpaired) electrons. The molecule has 0 unspecified atom stereocenters. The Balaban J connectivity index is 1.65. The Morgan fingerprint density at radius 1 is 1.11 bits per heavy atom. The van der Waals surface area contributed by atoms with E-state index in [0.29, 0.717) is 27.6 Å². The molecule has 0 aliphatic carbocycles. The number of nitrogens with zero attached hydrogens (tertiary/aromatic N) is 2. The molecule has 0 saturated carbocycles. The highest BCUT2D eigenvalue weighted by molar-refractivity contribution is 8.27. The van der Waals surface area contributed by atoms with Gasteiger partial charge >= 0.3 is 0 Å². The number of para-hydroxylation sites is 1. The number of nitriles is 1. The fourth-order valence-electron chi connectivity index (χ4n) is 2.81. The molecule has 1 aliphatic heterocycles. The van der Waals surface area contributed by atoms with Crippen molar-refractivity contribution < 1.29 is 13.6 Å². The Kier molecular flexibility index (Phi) is 4.82. The Morgan fingerprint density at radius 2 is 1.86 bits per heavy atom. The number of amides is 1. The quantitative estimate of drug-likeness (QED) is 0.433. The third-order valence-corrected chi connectivity index (χ3v) is 5.40. The predicted molar refractivity (Wildman–Crippen MR) is 111 cm³/mol. The lowest BCUT2D eigenvalue weighted by atomic mass is 10.1. The number of thiocarbonyl (C=S) groups is 1. The van der Waals surface area contributed by atoms with E-state index in [9.17, 15) is 14.4 Å². The van der Waals surface area contributed by atoms with Gasteiger partial charge < -0.3 is 4.42 Å². The molecule has 4 nitrogen and oxygen atoms in total. The second-order valence-electron chi connectivity index (χ2n) is 5.83. The lowest BCUT2D eigenvalue weighted by Crippen LogP contribution is -2.28. The summed E-state index contributed by atoms with van der Waals surface area (Å²) >= 11 is 6.34. The summed E-state index contributed by atoms with van der Waals surface area (Å²) in [6.07, 6.45) is 1.57. The summed E-state index contributed by atoms with van der Waals surface area (Å²) in [5, 5.41) is 9.24. The van der Waals surface area contributed by atoms with Crippen LogP contribution >= 0.6 is 24.0 Å². The van der Waals surface area contributed by atoms with Crippen LogP contribution in [0.2, 0.25) is 0 Å². The van der Waals surface area contributed by atoms with Crippen LogP contribution in [0.3, 0.4) is 0 Å². The van der Waals surface area contributed by atoms with Crippen molar-refractivity contribution in [2.24, 2.45) is 0 Å². The number of rotatable bonds is 3. The molecule has 0 atom stereocenters. The average Bonchev–Trinajstić information content (AvgIpc) is 3.27. The molecule has 3 aromatic rings. The van der Waals surface area contributed by atoms with Gasteiger partial charge in [-0.25, -0.2) is 4.39 Å². The van der Waals surface area contributed by atoms with E-state index >= 15 is 0 Å². The summed E-state index contributed by atoms with van der Waals surface area (Å²) in [7, 11) is 0. The van der Waals surface area contributed by atoms with Gasteiger partial charge in [0.25, 0.3) is 5.91 Å². The van der Waals surface area contributed by atoms with Crippen LogP contribution in [-0.4, -0.2) is 10.2 Å². The van der Waals surface area contributed by atoms with Crippen LogP contribution in [0, 0.1) is 17.1 Å². The Labute approximate surface area is 169 Å². The summed E-state index contributed by atoms with van der Waals surface area (Å²) in [5.74, 6) is 0.0358. The number of hydrogen-bond donors (Lipinski definition) is 0. The average molecular weight is 406 g/mol. The number of benzene rings is 2. The number of hydrogen-bond acceptors (Lipinski definition) is 5. The van der Waals surface area contributed by atoms with Crippen molar-refractivity contribution in [2.45, 2.75) is 0 Å². The molecule has 2 heterocycles. The third-order valence-electron chi connectivity index (χ3n) is 4.10. The van der Waals surface area contributed by atoms with E-state index in [4.69, 9.17) is 16.6 Å². The number of thioether (sulfide) groups is 1. The molecule has 1 saturated heterocycles. The van der Waals surface area contributed by atoms with Gasteiger partial charge in [0.2, 0.25) is 0 Å². The molecule has 4 rings (SSSR count). The number of carbonyl (C=O) groups excluding carboxylic acids is 1. The van der Waals surface area contributed by atoms with Gasteiger partial charge in [-0.3, -0.25) is 9.69 Å². The number of carbonyl (C=O) groups is 1. The van der Waals surface area contributed by atoms with Gasteiger partial charge in [-0.2, -0.15) is 5.26 Å². The normalized spacial score (nSPS) is 15.3. The largest absolute Gasteiger partial charge is 0.457 e. The Morgan fingerprint density at radius 3 is 2.64 bits per heavy atom. The first kappa shape index (κ1) is 18.2. The van der Waals surface area contributed by atoms with Crippen molar-refractivity contribution >= 4 is 46.0 Å². The summed E-state index contributed by atoms with van der Waals surface area (Å²) in [6, 6.07) is 18.6. The fraction of sp³-hybridized carbons (Fsp3) is 0. The van der Waals surface area contributed by atoms with Crippen LogP contribution in [0.1, 0.15) is 11.3 Å². The summed E-state index contributed by atoms with van der Waals surface area (Å²) in [5.41, 5.74) is 1.29. The van der Waals surface area contributed by atoms with Gasteiger partial charge in [-0.1, -0.05) is 48.2 Å². The van der Waals surface area contributed by atoms with Crippen LogP contribution in [0.5, 0.6) is 0 Å². The van der Waals surface area contributed by atoms with Gasteiger partial charge in [0.05, 0.1) is 22.2 Å². The minimum absolute atomic E-state index is 0.122. The zero-order valence-corrected chi connectivity index (χ0v) is 15.9. The maximum absolute atomic E-state index is 14.1. The summed E-state index contributed by atoms with van der Waals surface area (Å²) in [4.78, 5) is 14.3. The van der Waals surface area contributed by atoms with Crippen LogP contribution < -0.4 is 4.90 Å². The SMILES string of the molecule is N#Cc1ccccc1-c1ccc(/C=C2\SC(=S)N(c3ccccc3F)C2=O)o1. The predicted octanol–water partition coefficient (Wildman–Crippen LogP) is 5.36. The van der Waals surface area contributed by atoms with Crippen LogP contribution in [0.25, 0.3) is 17.4 Å². The first-order valence-corrected chi connectivity index (χ1v) is 9.43. The lowest BCUT2D eigenvalue weighted by Gasteiger charge is -2.14. The van der Waals surface area contributed by atoms with E-state index in [1.807, 2.05) is 6.07 Å². The minimum atomic E-state index is -0.520. The Hall–Kier alpha value is -3.21. The zero-order chi connectivity index (χ0) is 19.7. The second-order valence-corrected chi connectivity index (χ2v) is 7.50. The van der Waals surface area contributed by atoms with Gasteiger partial charge in [-0.15, -0.1) is 0 Å². The highest BCUT2D eigenvalue weighted by atomic mass is 32.2. The molecule has 7 heteroatoms. The smallest absolute Gasteiger partial charge is 0.270 e. The number of anilines is 1. The van der Waals surface area contributed by atoms with Crippen molar-refractivity contribution in [3.63, 3.8) is 0 Å².